The van der Waals surface area contributed by atoms with Gasteiger partial charge in [0.2, 0.25) is 5.91 Å². The summed E-state index contributed by atoms with van der Waals surface area (Å²) in [6.07, 6.45) is 0.468. The summed E-state index contributed by atoms with van der Waals surface area (Å²) in [6.45, 7) is 3.56. The lowest BCUT2D eigenvalue weighted by Crippen LogP contribution is -2.23. The summed E-state index contributed by atoms with van der Waals surface area (Å²) in [7, 11) is 2.03. The van der Waals surface area contributed by atoms with E-state index < -0.39 is 0 Å². The third-order valence-corrected chi connectivity index (χ3v) is 4.12. The van der Waals surface area contributed by atoms with Crippen molar-refractivity contribution < 1.29 is 4.79 Å². The number of amides is 1. The Kier molecular flexibility index (Phi) is 5.36. The average molecular weight is 303 g/mol. The molecule has 0 aliphatic rings. The van der Waals surface area contributed by atoms with Crippen LogP contribution in [0.1, 0.15) is 16.9 Å². The van der Waals surface area contributed by atoms with Gasteiger partial charge in [-0.25, -0.2) is 0 Å². The number of anilines is 2. The fraction of sp³-hybridized carbons (Fsp3) is 0.312. The molecular weight excluding hydrogens is 282 g/mol. The molecule has 0 aliphatic carbocycles. The minimum Gasteiger partial charge on any atom is -0.399 e. The highest BCUT2D eigenvalue weighted by Crippen LogP contribution is 2.18. The first-order chi connectivity index (χ1) is 10.0. The maximum Gasteiger partial charge on any atom is 0.225 e. The van der Waals surface area contributed by atoms with Gasteiger partial charge in [-0.1, -0.05) is 12.1 Å². The summed E-state index contributed by atoms with van der Waals surface area (Å²) in [4.78, 5) is 15.5. The lowest BCUT2D eigenvalue weighted by molar-refractivity contribution is -0.116. The van der Waals surface area contributed by atoms with Crippen LogP contribution in [0.15, 0.2) is 35.7 Å². The summed E-state index contributed by atoms with van der Waals surface area (Å²) in [5.74, 6) is 0.0155. The van der Waals surface area contributed by atoms with Crippen LogP contribution in [0.4, 0.5) is 11.4 Å². The molecule has 0 saturated carbocycles. The van der Waals surface area contributed by atoms with Crippen LogP contribution >= 0.6 is 11.3 Å². The van der Waals surface area contributed by atoms with E-state index in [0.717, 1.165) is 24.3 Å². The minimum absolute atomic E-state index is 0.0155. The van der Waals surface area contributed by atoms with Crippen molar-refractivity contribution in [2.75, 3.05) is 24.6 Å². The molecule has 1 amide bonds. The largest absolute Gasteiger partial charge is 0.399 e. The van der Waals surface area contributed by atoms with Gasteiger partial charge in [-0.15, -0.1) is 11.3 Å². The molecule has 3 N–H and O–H groups in total. The van der Waals surface area contributed by atoms with Gasteiger partial charge < -0.3 is 16.0 Å². The Labute approximate surface area is 129 Å². The zero-order chi connectivity index (χ0) is 15.2. The van der Waals surface area contributed by atoms with E-state index >= 15 is 0 Å². The van der Waals surface area contributed by atoms with Gasteiger partial charge in [-0.05, 0) is 43.1 Å². The topological polar surface area (TPSA) is 58.4 Å². The Bertz CT molecular complexity index is 596. The van der Waals surface area contributed by atoms with E-state index in [4.69, 9.17) is 5.73 Å². The molecule has 5 heteroatoms. The number of hydrogen-bond acceptors (Lipinski definition) is 4. The number of nitrogens with two attached hydrogens (primary N) is 1. The van der Waals surface area contributed by atoms with Crippen LogP contribution in [0, 0.1) is 6.92 Å². The fourth-order valence-corrected chi connectivity index (χ4v) is 2.81. The van der Waals surface area contributed by atoms with Crippen LogP contribution in [-0.2, 0) is 11.3 Å². The summed E-state index contributed by atoms with van der Waals surface area (Å²) >= 11 is 1.74. The number of carbonyl (C=O) groups excluding carboxylic acids is 1. The number of benzene rings is 1. The number of thiophene rings is 1. The van der Waals surface area contributed by atoms with Crippen molar-refractivity contribution in [3.8, 4) is 0 Å². The molecular formula is C16H21N3OS. The zero-order valence-corrected chi connectivity index (χ0v) is 13.2. The van der Waals surface area contributed by atoms with Gasteiger partial charge in [0.1, 0.15) is 0 Å². The molecule has 1 aromatic carbocycles. The molecule has 0 saturated heterocycles. The first-order valence-electron chi connectivity index (χ1n) is 6.91. The standard InChI is InChI=1S/C16H21N3OS/c1-12-5-6-13(17)10-15(12)18-16(20)7-8-19(2)11-14-4-3-9-21-14/h3-6,9-10H,7-8,11,17H2,1-2H3,(H,18,20). The highest BCUT2D eigenvalue weighted by Gasteiger charge is 2.08. The monoisotopic (exact) mass is 303 g/mol. The van der Waals surface area contributed by atoms with Crippen molar-refractivity contribution >= 4 is 28.6 Å². The van der Waals surface area contributed by atoms with E-state index in [0.29, 0.717) is 12.1 Å². The molecule has 0 bridgehead atoms. The van der Waals surface area contributed by atoms with Crippen molar-refractivity contribution in [2.45, 2.75) is 19.9 Å². The van der Waals surface area contributed by atoms with E-state index in [9.17, 15) is 4.79 Å². The lowest BCUT2D eigenvalue weighted by atomic mass is 10.2. The highest BCUT2D eigenvalue weighted by molar-refractivity contribution is 7.09. The molecule has 0 aliphatic heterocycles. The van der Waals surface area contributed by atoms with Crippen LogP contribution < -0.4 is 11.1 Å². The van der Waals surface area contributed by atoms with E-state index in [1.807, 2.05) is 32.2 Å². The predicted molar refractivity (Wildman–Crippen MR) is 89.5 cm³/mol. The number of hydrogen-bond donors (Lipinski definition) is 2. The van der Waals surface area contributed by atoms with E-state index in [1.165, 1.54) is 4.88 Å². The van der Waals surface area contributed by atoms with Crippen molar-refractivity contribution in [3.63, 3.8) is 0 Å². The highest BCUT2D eigenvalue weighted by atomic mass is 32.1. The molecule has 0 radical (unpaired) electrons. The number of aryl methyl sites for hydroxylation is 1. The minimum atomic E-state index is 0.0155. The van der Waals surface area contributed by atoms with E-state index in [-0.39, 0.29) is 5.91 Å². The average Bonchev–Trinajstić information content (AvgIpc) is 2.93. The molecule has 2 rings (SSSR count). The number of nitrogens with zero attached hydrogens (tertiary/aromatic N) is 1. The van der Waals surface area contributed by atoms with E-state index in [1.54, 1.807) is 17.4 Å². The lowest BCUT2D eigenvalue weighted by Gasteiger charge is -2.15. The molecule has 0 unspecified atom stereocenters. The molecule has 0 atom stereocenters. The molecule has 21 heavy (non-hydrogen) atoms. The molecule has 0 spiro atoms. The van der Waals surface area contributed by atoms with Crippen molar-refractivity contribution in [2.24, 2.45) is 0 Å². The summed E-state index contributed by atoms with van der Waals surface area (Å²) in [5.41, 5.74) is 8.21. The third kappa shape index (κ3) is 4.88. The van der Waals surface area contributed by atoms with Crippen LogP contribution in [-0.4, -0.2) is 24.4 Å². The first kappa shape index (κ1) is 15.5. The second kappa shape index (κ2) is 7.24. The third-order valence-electron chi connectivity index (χ3n) is 3.26. The smallest absolute Gasteiger partial charge is 0.225 e. The Morgan fingerprint density at radius 3 is 2.90 bits per heavy atom. The Morgan fingerprint density at radius 1 is 1.38 bits per heavy atom. The Hall–Kier alpha value is -1.85. The van der Waals surface area contributed by atoms with E-state index in [2.05, 4.69) is 21.7 Å². The summed E-state index contributed by atoms with van der Waals surface area (Å²) < 4.78 is 0. The summed E-state index contributed by atoms with van der Waals surface area (Å²) in [6, 6.07) is 9.69. The van der Waals surface area contributed by atoms with Gasteiger partial charge in [0.15, 0.2) is 0 Å². The van der Waals surface area contributed by atoms with Crippen LogP contribution in [0.25, 0.3) is 0 Å². The van der Waals surface area contributed by atoms with Gasteiger partial charge >= 0.3 is 0 Å². The van der Waals surface area contributed by atoms with Crippen molar-refractivity contribution in [1.82, 2.24) is 4.90 Å². The zero-order valence-electron chi connectivity index (χ0n) is 12.4. The molecule has 112 valence electrons. The molecule has 0 fully saturated rings. The molecule has 1 aromatic heterocycles. The number of rotatable bonds is 6. The van der Waals surface area contributed by atoms with Crippen molar-refractivity contribution in [1.29, 1.82) is 0 Å². The number of nitrogens with one attached hydrogen (secondary N) is 1. The SMILES string of the molecule is Cc1ccc(N)cc1NC(=O)CCN(C)Cc1cccs1. The summed E-state index contributed by atoms with van der Waals surface area (Å²) in [5, 5.41) is 4.99. The maximum atomic E-state index is 12.0. The van der Waals surface area contributed by atoms with Crippen LogP contribution in [0.5, 0.6) is 0 Å². The second-order valence-electron chi connectivity index (χ2n) is 5.19. The molecule has 4 nitrogen and oxygen atoms in total. The van der Waals surface area contributed by atoms with Gasteiger partial charge in [-0.2, -0.15) is 0 Å². The Balaban J connectivity index is 1.80. The second-order valence-corrected chi connectivity index (χ2v) is 6.22. The van der Waals surface area contributed by atoms with Crippen LogP contribution in [0.3, 0.4) is 0 Å². The number of carbonyl (C=O) groups is 1. The predicted octanol–water partition coefficient (Wildman–Crippen LogP) is 3.10. The van der Waals surface area contributed by atoms with Gasteiger partial charge in [0.25, 0.3) is 0 Å². The normalized spacial score (nSPS) is 10.8. The number of nitrogen functional groups attached to an aromatic ring is 1. The van der Waals surface area contributed by atoms with Gasteiger partial charge in [-0.3, -0.25) is 4.79 Å². The molecule has 2 aromatic rings. The van der Waals surface area contributed by atoms with Crippen LogP contribution in [0.2, 0.25) is 0 Å². The quantitative estimate of drug-likeness (QED) is 0.806. The van der Waals surface area contributed by atoms with Crippen molar-refractivity contribution in [3.05, 3.63) is 46.2 Å². The fourth-order valence-electron chi connectivity index (χ4n) is 2.03. The van der Waals surface area contributed by atoms with Gasteiger partial charge in [0, 0.05) is 35.8 Å². The molecule has 1 heterocycles. The Morgan fingerprint density at radius 2 is 2.19 bits per heavy atom. The maximum absolute atomic E-state index is 12.0. The van der Waals surface area contributed by atoms with Gasteiger partial charge in [0.05, 0.1) is 0 Å². The first-order valence-corrected chi connectivity index (χ1v) is 7.79.